The molecule has 3 aromatic rings. The average molecular weight is 471 g/mol. The Morgan fingerprint density at radius 1 is 1.39 bits per heavy atom. The molecule has 1 fully saturated rings. The zero-order chi connectivity index (χ0) is 23.8. The largest absolute Gasteiger partial charge is 0.469 e. The van der Waals surface area contributed by atoms with Gasteiger partial charge in [-0.05, 0) is 48.9 Å². The van der Waals surface area contributed by atoms with E-state index in [1.165, 1.54) is 12.7 Å². The zero-order valence-electron chi connectivity index (χ0n) is 18.4. The van der Waals surface area contributed by atoms with E-state index in [0.717, 1.165) is 12.8 Å². The zero-order valence-corrected chi connectivity index (χ0v) is 19.2. The summed E-state index contributed by atoms with van der Waals surface area (Å²) in [4.78, 5) is 18.9. The van der Waals surface area contributed by atoms with Gasteiger partial charge in [0.05, 0.1) is 19.1 Å². The maximum atomic E-state index is 10.8. The summed E-state index contributed by atoms with van der Waals surface area (Å²) in [6.45, 7) is -0.211. The molecule has 0 bridgehead atoms. The van der Waals surface area contributed by atoms with Crippen molar-refractivity contribution in [1.82, 2.24) is 14.5 Å². The molecule has 1 aliphatic rings. The molecule has 3 N–H and O–H groups in total. The number of halogens is 1. The molecule has 0 spiro atoms. The van der Waals surface area contributed by atoms with Gasteiger partial charge in [-0.15, -0.1) is 6.42 Å². The number of aromatic nitrogens is 3. The predicted octanol–water partition coefficient (Wildman–Crippen LogP) is 3.52. The molecule has 1 saturated heterocycles. The standard InChI is InChI=1S/C13H13ClN4O2.C11H14O2/c1-2-13(7-19)5-3-9(20-13)18-6-4-8-10(15)16-12(14)17-11(8)18;1-13-11(12)9-5-8-10-6-3-2-4-7-10/h1,4,6,9,19H,3,5,7H2,(H2,15,16,17);2-4,6-7H,5,8-9H2,1H3. The summed E-state index contributed by atoms with van der Waals surface area (Å²) in [6.07, 6.45) is 10.5. The minimum Gasteiger partial charge on any atom is -0.469 e. The minimum atomic E-state index is -0.927. The van der Waals surface area contributed by atoms with Crippen LogP contribution in [0.4, 0.5) is 5.82 Å². The molecule has 2 unspecified atom stereocenters. The van der Waals surface area contributed by atoms with E-state index in [9.17, 15) is 9.90 Å². The lowest BCUT2D eigenvalue weighted by Gasteiger charge is -2.21. The van der Waals surface area contributed by atoms with Crippen LogP contribution in [-0.4, -0.2) is 44.9 Å². The van der Waals surface area contributed by atoms with E-state index >= 15 is 0 Å². The van der Waals surface area contributed by atoms with Crippen LogP contribution in [0.3, 0.4) is 0 Å². The number of benzene rings is 1. The first-order chi connectivity index (χ1) is 15.9. The van der Waals surface area contributed by atoms with Gasteiger partial charge in [-0.2, -0.15) is 4.98 Å². The number of rotatable bonds is 6. The SMILES string of the molecule is C#CC1(CO)CCC(n2ccc3c(N)nc(Cl)nc32)O1.COC(=O)CCCc1ccccc1. The first-order valence-corrected chi connectivity index (χ1v) is 11.0. The molecule has 2 atom stereocenters. The molecule has 0 aliphatic carbocycles. The second-order valence-electron chi connectivity index (χ2n) is 7.66. The molecule has 0 radical (unpaired) electrons. The Labute approximate surface area is 197 Å². The first kappa shape index (κ1) is 24.5. The van der Waals surface area contributed by atoms with Crippen LogP contribution in [0, 0.1) is 12.3 Å². The van der Waals surface area contributed by atoms with Gasteiger partial charge in [-0.25, -0.2) is 4.98 Å². The molecule has 4 rings (SSSR count). The fraction of sp³-hybridized carbons (Fsp3) is 0.375. The number of fused-ring (bicyclic) bond motifs is 1. The Morgan fingerprint density at radius 2 is 2.15 bits per heavy atom. The number of esters is 1. The number of methoxy groups -OCH3 is 1. The van der Waals surface area contributed by atoms with Crippen molar-refractivity contribution in [2.45, 2.75) is 43.9 Å². The van der Waals surface area contributed by atoms with Crippen molar-refractivity contribution in [2.24, 2.45) is 0 Å². The van der Waals surface area contributed by atoms with E-state index in [-0.39, 0.29) is 24.1 Å². The van der Waals surface area contributed by atoms with E-state index in [0.29, 0.717) is 36.1 Å². The summed E-state index contributed by atoms with van der Waals surface area (Å²) in [5, 5.41) is 10.2. The molecule has 0 amide bonds. The quantitative estimate of drug-likeness (QED) is 0.322. The van der Waals surface area contributed by atoms with Crippen molar-refractivity contribution in [3.05, 3.63) is 53.4 Å². The fourth-order valence-electron chi connectivity index (χ4n) is 3.64. The highest BCUT2D eigenvalue weighted by molar-refractivity contribution is 6.28. The second-order valence-corrected chi connectivity index (χ2v) is 8.00. The van der Waals surface area contributed by atoms with Crippen molar-refractivity contribution in [2.75, 3.05) is 19.5 Å². The van der Waals surface area contributed by atoms with Gasteiger partial charge in [-0.3, -0.25) is 4.79 Å². The second kappa shape index (κ2) is 11.1. The number of nitrogen functional groups attached to an aromatic ring is 1. The number of aryl methyl sites for hydroxylation is 1. The topological polar surface area (TPSA) is 112 Å². The number of anilines is 1. The number of aliphatic hydroxyl groups excluding tert-OH is 1. The minimum absolute atomic E-state index is 0.0818. The maximum absolute atomic E-state index is 10.8. The van der Waals surface area contributed by atoms with Crippen LogP contribution in [0.15, 0.2) is 42.6 Å². The van der Waals surface area contributed by atoms with E-state index in [1.807, 2.05) is 22.8 Å². The lowest BCUT2D eigenvalue weighted by Crippen LogP contribution is -2.31. The number of nitrogens with zero attached hydrogens (tertiary/aromatic N) is 3. The number of aliphatic hydroxyl groups is 1. The van der Waals surface area contributed by atoms with Crippen molar-refractivity contribution in [3.8, 4) is 12.3 Å². The van der Waals surface area contributed by atoms with Gasteiger partial charge in [0.15, 0.2) is 5.60 Å². The van der Waals surface area contributed by atoms with Gasteiger partial charge in [0.2, 0.25) is 5.28 Å². The Balaban J connectivity index is 0.000000205. The third kappa shape index (κ3) is 6.02. The lowest BCUT2D eigenvalue weighted by atomic mass is 10.0. The van der Waals surface area contributed by atoms with Crippen molar-refractivity contribution in [1.29, 1.82) is 0 Å². The summed E-state index contributed by atoms with van der Waals surface area (Å²) in [7, 11) is 1.42. The lowest BCUT2D eigenvalue weighted by molar-refractivity contribution is -0.140. The van der Waals surface area contributed by atoms with Crippen LogP contribution in [0.1, 0.15) is 37.5 Å². The third-order valence-electron chi connectivity index (χ3n) is 5.48. The molecule has 33 heavy (non-hydrogen) atoms. The smallest absolute Gasteiger partial charge is 0.305 e. The molecule has 1 aliphatic heterocycles. The van der Waals surface area contributed by atoms with E-state index in [2.05, 4.69) is 32.8 Å². The highest BCUT2D eigenvalue weighted by Gasteiger charge is 2.39. The first-order valence-electron chi connectivity index (χ1n) is 10.6. The molecule has 3 heterocycles. The van der Waals surface area contributed by atoms with Crippen molar-refractivity contribution < 1.29 is 19.4 Å². The van der Waals surface area contributed by atoms with E-state index in [4.69, 9.17) is 28.5 Å². The van der Waals surface area contributed by atoms with Crippen molar-refractivity contribution in [3.63, 3.8) is 0 Å². The Bertz CT molecular complexity index is 1130. The van der Waals surface area contributed by atoms with Gasteiger partial charge in [0.1, 0.15) is 17.7 Å². The summed E-state index contributed by atoms with van der Waals surface area (Å²) >= 11 is 5.84. The fourth-order valence-corrected chi connectivity index (χ4v) is 3.81. The highest BCUT2D eigenvalue weighted by atomic mass is 35.5. The third-order valence-corrected chi connectivity index (χ3v) is 5.65. The van der Waals surface area contributed by atoms with Gasteiger partial charge < -0.3 is 24.9 Å². The predicted molar refractivity (Wildman–Crippen MR) is 126 cm³/mol. The highest BCUT2D eigenvalue weighted by Crippen LogP contribution is 2.37. The summed E-state index contributed by atoms with van der Waals surface area (Å²) in [5.74, 6) is 2.71. The number of carbonyl (C=O) groups is 1. The van der Waals surface area contributed by atoms with Gasteiger partial charge in [0, 0.05) is 12.6 Å². The summed E-state index contributed by atoms with van der Waals surface area (Å²) in [6, 6.07) is 11.9. The molecule has 8 nitrogen and oxygen atoms in total. The molecule has 1 aromatic carbocycles. The van der Waals surface area contributed by atoms with Crippen LogP contribution < -0.4 is 5.73 Å². The van der Waals surface area contributed by atoms with Crippen LogP contribution in [-0.2, 0) is 20.7 Å². The summed E-state index contributed by atoms with van der Waals surface area (Å²) < 4.78 is 12.2. The van der Waals surface area contributed by atoms with E-state index in [1.54, 1.807) is 12.3 Å². The number of nitrogens with two attached hydrogens (primary N) is 1. The number of carbonyl (C=O) groups excluding carboxylic acids is 1. The van der Waals surface area contributed by atoms with Crippen LogP contribution in [0.5, 0.6) is 0 Å². The van der Waals surface area contributed by atoms with Gasteiger partial charge in [0.25, 0.3) is 0 Å². The number of ether oxygens (including phenoxy) is 2. The number of hydrogen-bond donors (Lipinski definition) is 2. The molecular weight excluding hydrogens is 444 g/mol. The van der Waals surface area contributed by atoms with Crippen LogP contribution >= 0.6 is 11.6 Å². The van der Waals surface area contributed by atoms with E-state index < -0.39 is 5.60 Å². The molecular formula is C24H27ClN4O4. The molecule has 0 saturated carbocycles. The van der Waals surface area contributed by atoms with Crippen LogP contribution in [0.25, 0.3) is 11.0 Å². The molecule has 174 valence electrons. The van der Waals surface area contributed by atoms with Crippen molar-refractivity contribution >= 4 is 34.4 Å². The monoisotopic (exact) mass is 470 g/mol. The van der Waals surface area contributed by atoms with Crippen LogP contribution in [0.2, 0.25) is 5.28 Å². The summed E-state index contributed by atoms with van der Waals surface area (Å²) in [5.41, 5.74) is 6.75. The van der Waals surface area contributed by atoms with Gasteiger partial charge in [-0.1, -0.05) is 36.3 Å². The molecule has 9 heteroatoms. The normalized spacial score (nSPS) is 19.5. The number of terminal acetylenes is 1. The Kier molecular flexibility index (Phi) is 8.28. The number of hydrogen-bond acceptors (Lipinski definition) is 7. The average Bonchev–Trinajstić information content (AvgIpc) is 3.45. The van der Waals surface area contributed by atoms with Gasteiger partial charge >= 0.3 is 5.97 Å². The molecule has 2 aromatic heterocycles. The Hall–Kier alpha value is -3.12. The Morgan fingerprint density at radius 3 is 2.79 bits per heavy atom. The maximum Gasteiger partial charge on any atom is 0.305 e.